The van der Waals surface area contributed by atoms with E-state index in [4.69, 9.17) is 9.79 Å². The first-order chi connectivity index (χ1) is 9.45. The van der Waals surface area contributed by atoms with Crippen LogP contribution in [0, 0.1) is 0 Å². The fourth-order valence-corrected chi connectivity index (χ4v) is 2.09. The maximum atomic E-state index is 11.7. The number of hydrogen-bond donors (Lipinski definition) is 4. The van der Waals surface area contributed by atoms with Crippen LogP contribution in [-0.2, 0) is 4.57 Å². The Morgan fingerprint density at radius 3 is 1.85 bits per heavy atom. The van der Waals surface area contributed by atoms with Crippen molar-refractivity contribution in [2.75, 3.05) is 10.6 Å². The Balaban J connectivity index is 2.00. The van der Waals surface area contributed by atoms with Crippen LogP contribution in [0.15, 0.2) is 54.6 Å². The second kappa shape index (κ2) is 5.88. The van der Waals surface area contributed by atoms with Gasteiger partial charge in [0.25, 0.3) is 0 Å². The molecule has 20 heavy (non-hydrogen) atoms. The molecule has 0 heterocycles. The number of anilines is 2. The summed E-state index contributed by atoms with van der Waals surface area (Å²) in [6.45, 7) is 0. The topological polar surface area (TPSA) is 98.7 Å². The molecular formula is C13H13N2O4P. The van der Waals surface area contributed by atoms with Crippen LogP contribution in [0.1, 0.15) is 0 Å². The van der Waals surface area contributed by atoms with Gasteiger partial charge in [-0.15, -0.1) is 0 Å². The number of hydrogen-bond acceptors (Lipinski definition) is 2. The van der Waals surface area contributed by atoms with E-state index < -0.39 is 13.6 Å². The van der Waals surface area contributed by atoms with E-state index in [0.717, 1.165) is 0 Å². The molecule has 0 aliphatic heterocycles. The average molecular weight is 292 g/mol. The minimum absolute atomic E-state index is 0.0912. The zero-order valence-corrected chi connectivity index (χ0v) is 11.2. The zero-order chi connectivity index (χ0) is 14.6. The fourth-order valence-electron chi connectivity index (χ4n) is 1.55. The molecular weight excluding hydrogens is 279 g/mol. The zero-order valence-electron chi connectivity index (χ0n) is 10.4. The standard InChI is InChI=1S/C13H13N2O4P/c16-13(14-10-4-2-1-3-5-10)15-11-6-8-12(9-7-11)20(17,18)19/h1-9H,(H2,14,15,16)(H2,17,18,19). The third kappa shape index (κ3) is 3.93. The van der Waals surface area contributed by atoms with Gasteiger partial charge in [-0.3, -0.25) is 4.57 Å². The quantitative estimate of drug-likeness (QED) is 0.651. The van der Waals surface area contributed by atoms with Crippen molar-refractivity contribution in [3.8, 4) is 0 Å². The number of rotatable bonds is 3. The molecule has 0 aliphatic rings. The predicted molar refractivity (Wildman–Crippen MR) is 77.2 cm³/mol. The van der Waals surface area contributed by atoms with E-state index in [2.05, 4.69) is 10.6 Å². The van der Waals surface area contributed by atoms with Crippen LogP contribution in [0.3, 0.4) is 0 Å². The second-order valence-electron chi connectivity index (χ2n) is 4.04. The van der Waals surface area contributed by atoms with Gasteiger partial charge in [-0.25, -0.2) is 4.79 Å². The summed E-state index contributed by atoms with van der Waals surface area (Å²) >= 11 is 0. The SMILES string of the molecule is O=C(Nc1ccccc1)Nc1ccc(P(=O)(O)O)cc1. The Kier molecular flexibility index (Phi) is 4.20. The van der Waals surface area contributed by atoms with Crippen LogP contribution < -0.4 is 15.9 Å². The number of urea groups is 1. The molecule has 0 atom stereocenters. The highest BCUT2D eigenvalue weighted by Gasteiger charge is 2.16. The highest BCUT2D eigenvalue weighted by atomic mass is 31.2. The summed E-state index contributed by atoms with van der Waals surface area (Å²) < 4.78 is 11.0. The minimum Gasteiger partial charge on any atom is -0.321 e. The summed E-state index contributed by atoms with van der Waals surface area (Å²) in [4.78, 5) is 29.6. The van der Waals surface area contributed by atoms with E-state index >= 15 is 0 Å². The van der Waals surface area contributed by atoms with Gasteiger partial charge in [0, 0.05) is 11.4 Å². The molecule has 104 valence electrons. The molecule has 0 aliphatic carbocycles. The molecule has 0 spiro atoms. The van der Waals surface area contributed by atoms with Gasteiger partial charge in [-0.05, 0) is 36.4 Å². The Bertz CT molecular complexity index is 637. The molecule has 4 N–H and O–H groups in total. The van der Waals surface area contributed by atoms with Crippen molar-refractivity contribution in [1.29, 1.82) is 0 Å². The van der Waals surface area contributed by atoms with Gasteiger partial charge in [0.2, 0.25) is 0 Å². The molecule has 0 radical (unpaired) electrons. The number of carbonyl (C=O) groups is 1. The van der Waals surface area contributed by atoms with E-state index in [1.165, 1.54) is 24.3 Å². The number of carbonyl (C=O) groups excluding carboxylic acids is 1. The summed E-state index contributed by atoms with van der Waals surface area (Å²) in [7, 11) is -4.26. The van der Waals surface area contributed by atoms with E-state index in [0.29, 0.717) is 11.4 Å². The number of benzene rings is 2. The van der Waals surface area contributed by atoms with Crippen molar-refractivity contribution < 1.29 is 19.1 Å². The fraction of sp³-hybridized carbons (Fsp3) is 0. The summed E-state index contributed by atoms with van der Waals surface area (Å²) in [5.41, 5.74) is 1.09. The van der Waals surface area contributed by atoms with Gasteiger partial charge in [-0.1, -0.05) is 18.2 Å². The van der Waals surface area contributed by atoms with Crippen molar-refractivity contribution in [1.82, 2.24) is 0 Å². The van der Waals surface area contributed by atoms with Crippen LogP contribution in [0.2, 0.25) is 0 Å². The predicted octanol–water partition coefficient (Wildman–Crippen LogP) is 2.13. The van der Waals surface area contributed by atoms with Crippen molar-refractivity contribution in [3.05, 3.63) is 54.6 Å². The Hall–Kier alpha value is -2.14. The highest BCUT2D eigenvalue weighted by Crippen LogP contribution is 2.33. The van der Waals surface area contributed by atoms with Gasteiger partial charge in [0.1, 0.15) is 0 Å². The third-order valence-electron chi connectivity index (χ3n) is 2.49. The lowest BCUT2D eigenvalue weighted by Crippen LogP contribution is -2.19. The number of para-hydroxylation sites is 1. The molecule has 0 saturated heterocycles. The first-order valence-corrected chi connectivity index (χ1v) is 7.35. The number of nitrogens with one attached hydrogen (secondary N) is 2. The summed E-state index contributed by atoms with van der Waals surface area (Å²) in [5.74, 6) is 0. The van der Waals surface area contributed by atoms with Crippen molar-refractivity contribution in [2.24, 2.45) is 0 Å². The molecule has 0 bridgehead atoms. The monoisotopic (exact) mass is 292 g/mol. The van der Waals surface area contributed by atoms with Crippen LogP contribution in [0.25, 0.3) is 0 Å². The van der Waals surface area contributed by atoms with E-state index in [9.17, 15) is 9.36 Å². The first kappa shape index (κ1) is 14.3. The lowest BCUT2D eigenvalue weighted by molar-refractivity contribution is 0.262. The van der Waals surface area contributed by atoms with Crippen LogP contribution in [0.5, 0.6) is 0 Å². The van der Waals surface area contributed by atoms with E-state index in [1.54, 1.807) is 24.3 Å². The molecule has 0 saturated carbocycles. The van der Waals surface area contributed by atoms with Gasteiger partial charge in [0.05, 0.1) is 5.30 Å². The van der Waals surface area contributed by atoms with Crippen LogP contribution in [0.4, 0.5) is 16.2 Å². The number of amides is 2. The molecule has 0 unspecified atom stereocenters. The molecule has 2 aromatic carbocycles. The molecule has 2 amide bonds. The Morgan fingerprint density at radius 1 is 0.850 bits per heavy atom. The summed E-state index contributed by atoms with van der Waals surface area (Å²) in [6.07, 6.45) is 0. The smallest absolute Gasteiger partial charge is 0.321 e. The highest BCUT2D eigenvalue weighted by molar-refractivity contribution is 7.60. The van der Waals surface area contributed by atoms with Crippen LogP contribution >= 0.6 is 7.60 Å². The van der Waals surface area contributed by atoms with Gasteiger partial charge < -0.3 is 20.4 Å². The molecule has 2 aromatic rings. The lowest BCUT2D eigenvalue weighted by Gasteiger charge is -2.08. The lowest BCUT2D eigenvalue weighted by atomic mass is 10.3. The van der Waals surface area contributed by atoms with Gasteiger partial charge >= 0.3 is 13.6 Å². The van der Waals surface area contributed by atoms with Gasteiger partial charge in [-0.2, -0.15) is 0 Å². The Morgan fingerprint density at radius 2 is 1.35 bits per heavy atom. The molecule has 7 heteroatoms. The minimum atomic E-state index is -4.26. The maximum Gasteiger partial charge on any atom is 0.356 e. The largest absolute Gasteiger partial charge is 0.356 e. The van der Waals surface area contributed by atoms with Crippen LogP contribution in [-0.4, -0.2) is 15.8 Å². The van der Waals surface area contributed by atoms with Crippen molar-refractivity contribution in [3.63, 3.8) is 0 Å². The molecule has 2 rings (SSSR count). The van der Waals surface area contributed by atoms with E-state index in [1.807, 2.05) is 6.07 Å². The first-order valence-electron chi connectivity index (χ1n) is 5.74. The second-order valence-corrected chi connectivity index (χ2v) is 5.64. The average Bonchev–Trinajstić information content (AvgIpc) is 2.39. The Labute approximate surface area is 115 Å². The molecule has 6 nitrogen and oxygen atoms in total. The summed E-state index contributed by atoms with van der Waals surface area (Å²) in [5, 5.41) is 5.11. The maximum absolute atomic E-state index is 11.7. The van der Waals surface area contributed by atoms with Crippen molar-refractivity contribution in [2.45, 2.75) is 0 Å². The van der Waals surface area contributed by atoms with E-state index in [-0.39, 0.29) is 5.30 Å². The van der Waals surface area contributed by atoms with Crippen molar-refractivity contribution >= 4 is 30.3 Å². The summed E-state index contributed by atoms with van der Waals surface area (Å²) in [6, 6.07) is 13.9. The molecule has 0 aromatic heterocycles. The third-order valence-corrected chi connectivity index (χ3v) is 3.46. The normalized spacial score (nSPS) is 10.9. The molecule has 0 fully saturated rings. The van der Waals surface area contributed by atoms with Gasteiger partial charge in [0.15, 0.2) is 0 Å².